The smallest absolute Gasteiger partial charge is 0.311 e. The van der Waals surface area contributed by atoms with Gasteiger partial charge in [-0.1, -0.05) is 59.2 Å². The topological polar surface area (TPSA) is 61.8 Å². The Morgan fingerprint density at radius 2 is 1.64 bits per heavy atom. The SMILES string of the molecule is COC(=O)[C@@]1(C)CC[C@]2(C)CC[C@]3(C)C(=CC(=O)[C@@H]4[C@@]5(C)CC[C@H](OCc6cccc(OC)c6)C(C)(C)C5CC[C@]43C)[C@@H]2C1. The molecule has 242 valence electrons. The van der Waals surface area contributed by atoms with E-state index in [9.17, 15) is 9.59 Å². The Bertz CT molecular complexity index is 1360. The maximum atomic E-state index is 14.7. The van der Waals surface area contributed by atoms with Crippen molar-refractivity contribution >= 4 is 11.8 Å². The average molecular weight is 605 g/mol. The number of methoxy groups -OCH3 is 2. The summed E-state index contributed by atoms with van der Waals surface area (Å²) < 4.78 is 17.4. The second-order valence-corrected chi connectivity index (χ2v) is 17.3. The fourth-order valence-electron chi connectivity index (χ4n) is 11.8. The van der Waals surface area contributed by atoms with Gasteiger partial charge in [0, 0.05) is 5.92 Å². The van der Waals surface area contributed by atoms with Gasteiger partial charge in [-0.05, 0) is 127 Å². The highest BCUT2D eigenvalue weighted by atomic mass is 16.5. The third-order valence-corrected chi connectivity index (χ3v) is 14.8. The molecule has 5 aliphatic rings. The maximum absolute atomic E-state index is 14.7. The van der Waals surface area contributed by atoms with Gasteiger partial charge in [0.05, 0.1) is 32.3 Å². The van der Waals surface area contributed by atoms with E-state index in [4.69, 9.17) is 14.2 Å². The molecule has 0 aromatic heterocycles. The largest absolute Gasteiger partial charge is 0.497 e. The molecule has 1 unspecified atom stereocenters. The van der Waals surface area contributed by atoms with Crippen molar-refractivity contribution < 1.29 is 23.8 Å². The number of benzene rings is 1. The van der Waals surface area contributed by atoms with Gasteiger partial charge in [-0.2, -0.15) is 0 Å². The predicted octanol–water partition coefficient (Wildman–Crippen LogP) is 8.73. The second kappa shape index (κ2) is 10.4. The minimum atomic E-state index is -0.490. The van der Waals surface area contributed by atoms with Crippen LogP contribution in [-0.2, 0) is 25.7 Å². The van der Waals surface area contributed by atoms with Gasteiger partial charge in [-0.3, -0.25) is 9.59 Å². The number of fused-ring (bicyclic) bond motifs is 7. The fraction of sp³-hybridized carbons (Fsp3) is 0.744. The lowest BCUT2D eigenvalue weighted by molar-refractivity contribution is -0.211. The number of esters is 1. The summed E-state index contributed by atoms with van der Waals surface area (Å²) in [4.78, 5) is 27.7. The molecule has 0 saturated heterocycles. The molecule has 5 aliphatic carbocycles. The van der Waals surface area contributed by atoms with E-state index in [1.54, 1.807) is 7.11 Å². The minimum Gasteiger partial charge on any atom is -0.497 e. The molecule has 5 nitrogen and oxygen atoms in total. The fourth-order valence-corrected chi connectivity index (χ4v) is 11.8. The van der Waals surface area contributed by atoms with Gasteiger partial charge in [0.25, 0.3) is 0 Å². The Kier molecular flexibility index (Phi) is 7.55. The number of hydrogen-bond acceptors (Lipinski definition) is 5. The molecule has 9 atom stereocenters. The molecule has 0 aliphatic heterocycles. The summed E-state index contributed by atoms with van der Waals surface area (Å²) in [7, 11) is 3.22. The van der Waals surface area contributed by atoms with Crippen LogP contribution in [0.3, 0.4) is 0 Å². The number of ketones is 1. The van der Waals surface area contributed by atoms with E-state index in [2.05, 4.69) is 66.7 Å². The van der Waals surface area contributed by atoms with Crippen molar-refractivity contribution in [3.63, 3.8) is 0 Å². The molecular weight excluding hydrogens is 548 g/mol. The highest BCUT2D eigenvalue weighted by Gasteiger charge is 2.70. The molecule has 1 aromatic rings. The average Bonchev–Trinajstić information content (AvgIpc) is 2.98. The minimum absolute atomic E-state index is 0.000969. The first-order chi connectivity index (χ1) is 20.6. The second-order valence-electron chi connectivity index (χ2n) is 17.3. The van der Waals surface area contributed by atoms with Crippen molar-refractivity contribution in [1.82, 2.24) is 0 Å². The van der Waals surface area contributed by atoms with E-state index < -0.39 is 5.41 Å². The van der Waals surface area contributed by atoms with Crippen molar-refractivity contribution in [2.24, 2.45) is 50.2 Å². The molecule has 0 amide bonds. The van der Waals surface area contributed by atoms with Gasteiger partial charge in [0.15, 0.2) is 5.78 Å². The highest BCUT2D eigenvalue weighted by molar-refractivity contribution is 5.95. The van der Waals surface area contributed by atoms with Crippen molar-refractivity contribution in [3.05, 3.63) is 41.5 Å². The number of ether oxygens (including phenoxy) is 3. The van der Waals surface area contributed by atoms with Crippen LogP contribution in [-0.4, -0.2) is 32.1 Å². The molecule has 6 rings (SSSR count). The van der Waals surface area contributed by atoms with E-state index in [1.165, 1.54) is 12.7 Å². The third kappa shape index (κ3) is 4.41. The van der Waals surface area contributed by atoms with Gasteiger partial charge in [-0.25, -0.2) is 0 Å². The first-order valence-corrected chi connectivity index (χ1v) is 17.2. The predicted molar refractivity (Wildman–Crippen MR) is 173 cm³/mol. The lowest BCUT2D eigenvalue weighted by Crippen LogP contribution is -2.66. The summed E-state index contributed by atoms with van der Waals surface area (Å²) in [5, 5.41) is 0. The van der Waals surface area contributed by atoms with Crippen molar-refractivity contribution in [3.8, 4) is 5.75 Å². The number of allylic oxidation sites excluding steroid dienone is 2. The van der Waals surface area contributed by atoms with Crippen molar-refractivity contribution in [2.75, 3.05) is 14.2 Å². The van der Waals surface area contributed by atoms with Crippen LogP contribution in [0.25, 0.3) is 0 Å². The van der Waals surface area contributed by atoms with E-state index in [1.807, 2.05) is 12.1 Å². The molecule has 0 radical (unpaired) electrons. The van der Waals surface area contributed by atoms with Crippen LogP contribution in [0.2, 0.25) is 0 Å². The number of carbonyl (C=O) groups is 2. The summed E-state index contributed by atoms with van der Waals surface area (Å²) in [6, 6.07) is 8.16. The zero-order valence-corrected chi connectivity index (χ0v) is 28.8. The summed E-state index contributed by atoms with van der Waals surface area (Å²) in [5.41, 5.74) is 1.83. The first kappa shape index (κ1) is 31.8. The van der Waals surface area contributed by atoms with Gasteiger partial charge >= 0.3 is 5.97 Å². The van der Waals surface area contributed by atoms with E-state index in [0.29, 0.717) is 18.3 Å². The van der Waals surface area contributed by atoms with Gasteiger partial charge in [0.2, 0.25) is 0 Å². The molecule has 0 bridgehead atoms. The molecular formula is C39H56O5. The van der Waals surface area contributed by atoms with Gasteiger partial charge < -0.3 is 14.2 Å². The molecule has 5 heteroatoms. The first-order valence-electron chi connectivity index (χ1n) is 17.2. The van der Waals surface area contributed by atoms with E-state index in [-0.39, 0.29) is 51.0 Å². The normalized spacial score (nSPS) is 44.3. The van der Waals surface area contributed by atoms with Crippen LogP contribution in [0.1, 0.15) is 112 Å². The highest BCUT2D eigenvalue weighted by Crippen LogP contribution is 2.75. The summed E-state index contributed by atoms with van der Waals surface area (Å²) in [6.07, 6.45) is 11.3. The Balaban J connectivity index is 1.31. The Morgan fingerprint density at radius 3 is 2.34 bits per heavy atom. The molecule has 0 N–H and O–H groups in total. The zero-order valence-electron chi connectivity index (χ0n) is 28.8. The van der Waals surface area contributed by atoms with Crippen LogP contribution < -0.4 is 4.74 Å². The van der Waals surface area contributed by atoms with Crippen LogP contribution in [0.5, 0.6) is 5.75 Å². The molecule has 4 saturated carbocycles. The van der Waals surface area contributed by atoms with Crippen molar-refractivity contribution in [1.29, 1.82) is 0 Å². The number of rotatable bonds is 5. The number of carbonyl (C=O) groups excluding carboxylic acids is 2. The Hall–Kier alpha value is -2.14. The summed E-state index contributed by atoms with van der Waals surface area (Å²) >= 11 is 0. The van der Waals surface area contributed by atoms with Gasteiger partial charge in [0.1, 0.15) is 5.75 Å². The van der Waals surface area contributed by atoms with E-state index >= 15 is 0 Å². The lowest BCUT2D eigenvalue weighted by Gasteiger charge is -2.70. The quantitative estimate of drug-likeness (QED) is 0.315. The molecule has 44 heavy (non-hydrogen) atoms. The molecule has 0 spiro atoms. The lowest BCUT2D eigenvalue weighted by atomic mass is 9.33. The molecule has 1 aromatic carbocycles. The van der Waals surface area contributed by atoms with Crippen LogP contribution >= 0.6 is 0 Å². The van der Waals surface area contributed by atoms with Crippen LogP contribution in [0.15, 0.2) is 35.9 Å². The Labute approximate surface area is 265 Å². The third-order valence-electron chi connectivity index (χ3n) is 14.8. The molecule has 0 heterocycles. The van der Waals surface area contributed by atoms with Crippen LogP contribution in [0.4, 0.5) is 0 Å². The number of hydrogen-bond donors (Lipinski definition) is 0. The summed E-state index contributed by atoms with van der Waals surface area (Å²) in [6.45, 7) is 17.3. The molecule has 4 fully saturated rings. The van der Waals surface area contributed by atoms with Crippen LogP contribution in [0, 0.1) is 50.2 Å². The van der Waals surface area contributed by atoms with Gasteiger partial charge in [-0.15, -0.1) is 0 Å². The zero-order chi connectivity index (χ0) is 31.9. The Morgan fingerprint density at radius 1 is 0.909 bits per heavy atom. The van der Waals surface area contributed by atoms with E-state index in [0.717, 1.165) is 69.1 Å². The van der Waals surface area contributed by atoms with Crippen molar-refractivity contribution in [2.45, 2.75) is 119 Å². The monoisotopic (exact) mass is 604 g/mol. The standard InChI is InChI=1S/C39H56O5/c1-34(2)30-13-16-39(7)32(37(30,5)15-14-31(34)44-24-25-11-10-12-26(21-25)42-8)29(40)22-27-28-23-36(4,33(41)43-9)18-17-35(28,3)19-20-38(27,39)6/h10-12,21-22,28,30-32H,13-20,23-24H2,1-9H3/t28-,30?,31-,32+,35+,36-,37-,38+,39+/m0/s1. The summed E-state index contributed by atoms with van der Waals surface area (Å²) in [5.74, 6) is 1.75. The maximum Gasteiger partial charge on any atom is 0.311 e.